The quantitative estimate of drug-likeness (QED) is 0.301. The van der Waals surface area contributed by atoms with Gasteiger partial charge in [-0.15, -0.1) is 0 Å². The van der Waals surface area contributed by atoms with Crippen LogP contribution in [0.4, 0.5) is 10.5 Å². The van der Waals surface area contributed by atoms with Crippen LogP contribution in [0.25, 0.3) is 10.8 Å². The number of nitriles is 1. The van der Waals surface area contributed by atoms with Gasteiger partial charge in [0, 0.05) is 12.1 Å². The fourth-order valence-corrected chi connectivity index (χ4v) is 4.68. The van der Waals surface area contributed by atoms with Crippen molar-refractivity contribution in [2.24, 2.45) is 5.73 Å². The van der Waals surface area contributed by atoms with Gasteiger partial charge in [-0.1, -0.05) is 59.7 Å². The minimum absolute atomic E-state index is 0.152. The molecule has 3 aromatic rings. The summed E-state index contributed by atoms with van der Waals surface area (Å²) >= 11 is 0. The van der Waals surface area contributed by atoms with Gasteiger partial charge in [-0.2, -0.15) is 5.26 Å². The van der Waals surface area contributed by atoms with Crippen LogP contribution in [-0.2, 0) is 19.1 Å². The third kappa shape index (κ3) is 8.80. The SMILES string of the molecule is Cc1cc(C)cc(C(C(=O)Nc2ccc3ccccc3c2)N(CC#N)C(=O)C(CCC(N)=O)NC(=O)OC(C)(C)C)c1. The van der Waals surface area contributed by atoms with E-state index in [-0.39, 0.29) is 12.8 Å². The van der Waals surface area contributed by atoms with Gasteiger partial charge >= 0.3 is 6.09 Å². The van der Waals surface area contributed by atoms with Crippen molar-refractivity contribution in [2.75, 3.05) is 11.9 Å². The maximum atomic E-state index is 14.0. The van der Waals surface area contributed by atoms with Crippen molar-refractivity contribution >= 4 is 40.3 Å². The molecule has 0 spiro atoms. The van der Waals surface area contributed by atoms with E-state index in [4.69, 9.17) is 10.5 Å². The smallest absolute Gasteiger partial charge is 0.408 e. The second-order valence-electron chi connectivity index (χ2n) is 11.2. The summed E-state index contributed by atoms with van der Waals surface area (Å²) in [7, 11) is 0. The summed E-state index contributed by atoms with van der Waals surface area (Å²) in [6, 6.07) is 18.1. The highest BCUT2D eigenvalue weighted by Crippen LogP contribution is 2.28. The number of fused-ring (bicyclic) bond motifs is 1. The fourth-order valence-electron chi connectivity index (χ4n) is 4.68. The maximum Gasteiger partial charge on any atom is 0.408 e. The van der Waals surface area contributed by atoms with Crippen molar-refractivity contribution in [2.45, 2.75) is 65.1 Å². The highest BCUT2D eigenvalue weighted by atomic mass is 16.6. The van der Waals surface area contributed by atoms with E-state index >= 15 is 0 Å². The number of amides is 4. The van der Waals surface area contributed by atoms with Gasteiger partial charge < -0.3 is 26.0 Å². The number of aryl methyl sites for hydroxylation is 2. The molecule has 220 valence electrons. The van der Waals surface area contributed by atoms with Crippen LogP contribution in [0.5, 0.6) is 0 Å². The number of rotatable bonds is 10. The summed E-state index contributed by atoms with van der Waals surface area (Å²) in [5.74, 6) is -1.96. The number of nitrogens with two attached hydrogens (primary N) is 1. The molecule has 0 heterocycles. The number of hydrogen-bond donors (Lipinski definition) is 3. The molecule has 0 fully saturated rings. The van der Waals surface area contributed by atoms with Gasteiger partial charge in [0.05, 0.1) is 6.07 Å². The molecule has 0 aliphatic rings. The predicted octanol–water partition coefficient (Wildman–Crippen LogP) is 4.65. The van der Waals surface area contributed by atoms with Gasteiger partial charge in [-0.3, -0.25) is 14.4 Å². The Balaban J connectivity index is 2.05. The normalized spacial score (nSPS) is 12.5. The summed E-state index contributed by atoms with van der Waals surface area (Å²) in [6.07, 6.45) is -1.25. The molecule has 4 amide bonds. The van der Waals surface area contributed by atoms with Gasteiger partial charge in [0.25, 0.3) is 5.91 Å². The third-order valence-corrected chi connectivity index (χ3v) is 6.33. The molecule has 2 unspecified atom stereocenters. The van der Waals surface area contributed by atoms with Crippen molar-refractivity contribution in [3.05, 3.63) is 77.4 Å². The summed E-state index contributed by atoms with van der Waals surface area (Å²) in [5, 5.41) is 17.1. The zero-order chi connectivity index (χ0) is 31.0. The van der Waals surface area contributed by atoms with Crippen LogP contribution in [0.3, 0.4) is 0 Å². The Morgan fingerprint density at radius 3 is 2.21 bits per heavy atom. The number of hydrogen-bond acceptors (Lipinski definition) is 6. The van der Waals surface area contributed by atoms with Crippen molar-refractivity contribution in [1.29, 1.82) is 5.26 Å². The first-order valence-corrected chi connectivity index (χ1v) is 13.6. The molecule has 2 atom stereocenters. The molecule has 3 rings (SSSR count). The second-order valence-corrected chi connectivity index (χ2v) is 11.2. The number of nitrogens with zero attached hydrogens (tertiary/aromatic N) is 2. The first kappa shape index (κ1) is 31.6. The minimum Gasteiger partial charge on any atom is -0.444 e. The molecule has 0 aromatic heterocycles. The van der Waals surface area contributed by atoms with E-state index in [1.807, 2.05) is 62.4 Å². The third-order valence-electron chi connectivity index (χ3n) is 6.33. The monoisotopic (exact) mass is 571 g/mol. The average molecular weight is 572 g/mol. The molecule has 0 saturated heterocycles. The van der Waals surface area contributed by atoms with Crippen molar-refractivity contribution < 1.29 is 23.9 Å². The number of benzene rings is 3. The van der Waals surface area contributed by atoms with Gasteiger partial charge in [-0.05, 0) is 69.5 Å². The second kappa shape index (κ2) is 13.6. The predicted molar refractivity (Wildman–Crippen MR) is 160 cm³/mol. The number of ether oxygens (including phenoxy) is 1. The molecule has 3 aromatic carbocycles. The van der Waals surface area contributed by atoms with Crippen LogP contribution in [0.1, 0.15) is 56.3 Å². The van der Waals surface area contributed by atoms with E-state index in [0.717, 1.165) is 26.8 Å². The first-order chi connectivity index (χ1) is 19.8. The molecule has 0 bridgehead atoms. The molecular weight excluding hydrogens is 534 g/mol. The summed E-state index contributed by atoms with van der Waals surface area (Å²) in [6.45, 7) is 8.27. The van der Waals surface area contributed by atoms with Crippen molar-refractivity contribution in [3.8, 4) is 6.07 Å². The maximum absolute atomic E-state index is 14.0. The zero-order valence-electron chi connectivity index (χ0n) is 24.6. The first-order valence-electron chi connectivity index (χ1n) is 13.6. The van der Waals surface area contributed by atoms with E-state index in [9.17, 15) is 24.4 Å². The van der Waals surface area contributed by atoms with Crippen LogP contribution in [0, 0.1) is 25.2 Å². The van der Waals surface area contributed by atoms with Crippen LogP contribution < -0.4 is 16.4 Å². The van der Waals surface area contributed by atoms with E-state index in [0.29, 0.717) is 11.3 Å². The standard InChI is InChI=1S/C32H37N5O5/c1-20-16-21(2)18-24(17-20)28(29(39)35-25-11-10-22-8-6-7-9-23(22)19-25)37(15-14-33)30(40)26(12-13-27(34)38)36-31(41)42-32(3,4)5/h6-11,16-19,26,28H,12-13,15H2,1-5H3,(H2,34,38)(H,35,39)(H,36,41). The number of alkyl carbamates (subject to hydrolysis) is 1. The molecule has 0 aliphatic carbocycles. The Labute approximate surface area is 245 Å². The Bertz CT molecular complexity index is 1500. The summed E-state index contributed by atoms with van der Waals surface area (Å²) in [5.41, 5.74) is 7.20. The average Bonchev–Trinajstić information content (AvgIpc) is 2.88. The Morgan fingerprint density at radius 1 is 0.976 bits per heavy atom. The number of primary amides is 1. The zero-order valence-corrected chi connectivity index (χ0v) is 24.6. The van der Waals surface area contributed by atoms with Crippen LogP contribution in [0.2, 0.25) is 0 Å². The number of carbonyl (C=O) groups excluding carboxylic acids is 4. The molecule has 0 radical (unpaired) electrons. The van der Waals surface area contributed by atoms with Crippen LogP contribution >= 0.6 is 0 Å². The Morgan fingerprint density at radius 2 is 1.62 bits per heavy atom. The molecule has 10 heteroatoms. The summed E-state index contributed by atoms with van der Waals surface area (Å²) < 4.78 is 5.32. The highest BCUT2D eigenvalue weighted by molar-refractivity contribution is 6.00. The van der Waals surface area contributed by atoms with Crippen molar-refractivity contribution in [1.82, 2.24) is 10.2 Å². The topological polar surface area (TPSA) is 155 Å². The minimum atomic E-state index is -1.29. The fraction of sp³-hybridized carbons (Fsp3) is 0.344. The molecule has 0 aliphatic heterocycles. The van der Waals surface area contributed by atoms with Crippen molar-refractivity contribution in [3.63, 3.8) is 0 Å². The van der Waals surface area contributed by atoms with Gasteiger partial charge in [0.2, 0.25) is 11.8 Å². The van der Waals surface area contributed by atoms with Crippen LogP contribution in [0.15, 0.2) is 60.7 Å². The lowest BCUT2D eigenvalue weighted by molar-refractivity contribution is -0.140. The van der Waals surface area contributed by atoms with E-state index in [1.54, 1.807) is 39.0 Å². The lowest BCUT2D eigenvalue weighted by Crippen LogP contribution is -2.52. The van der Waals surface area contributed by atoms with E-state index < -0.39 is 48.0 Å². The summed E-state index contributed by atoms with van der Waals surface area (Å²) in [4.78, 5) is 53.4. The number of anilines is 1. The van der Waals surface area contributed by atoms with Gasteiger partial charge in [-0.25, -0.2) is 4.79 Å². The highest BCUT2D eigenvalue weighted by Gasteiger charge is 2.36. The van der Waals surface area contributed by atoms with E-state index in [1.165, 1.54) is 0 Å². The lowest BCUT2D eigenvalue weighted by atomic mass is 9.97. The molecule has 4 N–H and O–H groups in total. The Kier molecular flexibility index (Phi) is 10.3. The number of nitrogens with one attached hydrogen (secondary N) is 2. The molecular formula is C32H37N5O5. The molecule has 10 nitrogen and oxygen atoms in total. The van der Waals surface area contributed by atoms with Crippen LogP contribution in [-0.4, -0.2) is 46.9 Å². The largest absolute Gasteiger partial charge is 0.444 e. The molecule has 42 heavy (non-hydrogen) atoms. The lowest BCUT2D eigenvalue weighted by Gasteiger charge is -2.33. The van der Waals surface area contributed by atoms with E-state index in [2.05, 4.69) is 10.6 Å². The molecule has 0 saturated carbocycles. The number of carbonyl (C=O) groups is 4. The van der Waals surface area contributed by atoms with Gasteiger partial charge in [0.15, 0.2) is 0 Å². The Hall–Kier alpha value is -4.91. The van der Waals surface area contributed by atoms with Gasteiger partial charge in [0.1, 0.15) is 24.2 Å².